The third kappa shape index (κ3) is 3.70. The molecule has 0 spiro atoms. The number of anilines is 1. The molecule has 0 atom stereocenters. The van der Waals surface area contributed by atoms with Gasteiger partial charge in [0.1, 0.15) is 5.75 Å². The average Bonchev–Trinajstić information content (AvgIpc) is 2.47. The van der Waals surface area contributed by atoms with Gasteiger partial charge in [0.15, 0.2) is 0 Å². The topological polar surface area (TPSA) is 55.6 Å². The Balaban J connectivity index is 2.38. The maximum atomic E-state index is 12.2. The van der Waals surface area contributed by atoms with Crippen molar-refractivity contribution in [2.24, 2.45) is 0 Å². The number of amides is 1. The van der Waals surface area contributed by atoms with E-state index in [0.717, 1.165) is 15.5 Å². The summed E-state index contributed by atoms with van der Waals surface area (Å²) in [5, 5.41) is 0. The van der Waals surface area contributed by atoms with Gasteiger partial charge in [0.2, 0.25) is 0 Å². The van der Waals surface area contributed by atoms with E-state index in [0.29, 0.717) is 11.3 Å². The van der Waals surface area contributed by atoms with E-state index in [2.05, 4.69) is 0 Å². The largest absolute Gasteiger partial charge is 0.497 e. The Labute approximate surface area is 128 Å². The highest BCUT2D eigenvalue weighted by atomic mass is 32.2. The SMILES string of the molecule is COc1cccc(Sc2cc(N)ccc2C(=O)N(C)C)c1. The highest BCUT2D eigenvalue weighted by molar-refractivity contribution is 7.99. The molecular weight excluding hydrogens is 284 g/mol. The van der Waals surface area contributed by atoms with Crippen LogP contribution in [-0.2, 0) is 0 Å². The van der Waals surface area contributed by atoms with Gasteiger partial charge in [-0.15, -0.1) is 0 Å². The first-order chi connectivity index (χ1) is 10.0. The predicted molar refractivity (Wildman–Crippen MR) is 86.0 cm³/mol. The van der Waals surface area contributed by atoms with Gasteiger partial charge in [-0.3, -0.25) is 4.79 Å². The lowest BCUT2D eigenvalue weighted by Crippen LogP contribution is -2.22. The van der Waals surface area contributed by atoms with Crippen molar-refractivity contribution in [1.29, 1.82) is 0 Å². The number of ether oxygens (including phenoxy) is 1. The number of benzene rings is 2. The Hall–Kier alpha value is -2.14. The highest BCUT2D eigenvalue weighted by Crippen LogP contribution is 2.34. The molecule has 2 rings (SSSR count). The molecule has 0 aliphatic rings. The van der Waals surface area contributed by atoms with Crippen molar-refractivity contribution >= 4 is 23.4 Å². The second kappa shape index (κ2) is 6.54. The quantitative estimate of drug-likeness (QED) is 0.882. The second-order valence-corrected chi connectivity index (χ2v) is 5.85. The lowest BCUT2D eigenvalue weighted by molar-refractivity contribution is 0.0824. The number of rotatable bonds is 4. The van der Waals surface area contributed by atoms with Crippen molar-refractivity contribution in [3.05, 3.63) is 48.0 Å². The molecule has 110 valence electrons. The van der Waals surface area contributed by atoms with Gasteiger partial charge in [-0.2, -0.15) is 0 Å². The molecule has 2 aromatic carbocycles. The number of nitrogens with zero attached hydrogens (tertiary/aromatic N) is 1. The monoisotopic (exact) mass is 302 g/mol. The molecule has 0 bridgehead atoms. The number of carbonyl (C=O) groups excluding carboxylic acids is 1. The number of nitrogens with two attached hydrogens (primary N) is 1. The lowest BCUT2D eigenvalue weighted by atomic mass is 10.2. The van der Waals surface area contributed by atoms with E-state index in [9.17, 15) is 4.79 Å². The average molecular weight is 302 g/mol. The van der Waals surface area contributed by atoms with Gasteiger partial charge >= 0.3 is 0 Å². The number of hydrogen-bond acceptors (Lipinski definition) is 4. The van der Waals surface area contributed by atoms with Gasteiger partial charge < -0.3 is 15.4 Å². The van der Waals surface area contributed by atoms with Crippen molar-refractivity contribution < 1.29 is 9.53 Å². The van der Waals surface area contributed by atoms with Gasteiger partial charge in [-0.1, -0.05) is 17.8 Å². The summed E-state index contributed by atoms with van der Waals surface area (Å²) in [5.74, 6) is 0.741. The first-order valence-corrected chi connectivity index (χ1v) is 7.26. The normalized spacial score (nSPS) is 10.2. The molecule has 0 aliphatic carbocycles. The number of carbonyl (C=O) groups is 1. The molecule has 0 aromatic heterocycles. The summed E-state index contributed by atoms with van der Waals surface area (Å²) in [6, 6.07) is 13.0. The smallest absolute Gasteiger partial charge is 0.254 e. The molecule has 21 heavy (non-hydrogen) atoms. The van der Waals surface area contributed by atoms with Crippen LogP contribution < -0.4 is 10.5 Å². The van der Waals surface area contributed by atoms with Gasteiger partial charge in [0.05, 0.1) is 12.7 Å². The Morgan fingerprint density at radius 2 is 1.95 bits per heavy atom. The molecular formula is C16H18N2O2S. The molecule has 0 saturated heterocycles. The summed E-state index contributed by atoms with van der Waals surface area (Å²) in [6.07, 6.45) is 0. The molecule has 0 fully saturated rings. The zero-order valence-electron chi connectivity index (χ0n) is 12.3. The van der Waals surface area contributed by atoms with E-state index >= 15 is 0 Å². The van der Waals surface area contributed by atoms with E-state index in [-0.39, 0.29) is 5.91 Å². The second-order valence-electron chi connectivity index (χ2n) is 4.74. The van der Waals surface area contributed by atoms with Crippen LogP contribution in [0, 0.1) is 0 Å². The molecule has 2 aromatic rings. The Bertz CT molecular complexity index is 656. The fourth-order valence-electron chi connectivity index (χ4n) is 1.83. The zero-order valence-corrected chi connectivity index (χ0v) is 13.1. The maximum Gasteiger partial charge on any atom is 0.254 e. The molecule has 4 nitrogen and oxygen atoms in total. The lowest BCUT2D eigenvalue weighted by Gasteiger charge is -2.14. The summed E-state index contributed by atoms with van der Waals surface area (Å²) in [5.41, 5.74) is 7.13. The third-order valence-corrected chi connectivity index (χ3v) is 3.96. The highest BCUT2D eigenvalue weighted by Gasteiger charge is 2.14. The van der Waals surface area contributed by atoms with Crippen LogP contribution in [0.1, 0.15) is 10.4 Å². The first kappa shape index (κ1) is 15.3. The van der Waals surface area contributed by atoms with Gasteiger partial charge in [-0.25, -0.2) is 0 Å². The molecule has 0 saturated carbocycles. The Morgan fingerprint density at radius 3 is 2.62 bits per heavy atom. The van der Waals surface area contributed by atoms with Gasteiger partial charge in [-0.05, 0) is 36.4 Å². The van der Waals surface area contributed by atoms with Crippen LogP contribution in [0.3, 0.4) is 0 Å². The van der Waals surface area contributed by atoms with Crippen molar-refractivity contribution in [2.75, 3.05) is 26.9 Å². The number of nitrogen functional groups attached to an aromatic ring is 1. The van der Waals surface area contributed by atoms with E-state index < -0.39 is 0 Å². The Kier molecular flexibility index (Phi) is 4.75. The fourth-order valence-corrected chi connectivity index (χ4v) is 2.87. The summed E-state index contributed by atoms with van der Waals surface area (Å²) < 4.78 is 5.22. The van der Waals surface area contributed by atoms with Crippen LogP contribution in [0.25, 0.3) is 0 Å². The molecule has 5 heteroatoms. The number of methoxy groups -OCH3 is 1. The van der Waals surface area contributed by atoms with Crippen molar-refractivity contribution in [2.45, 2.75) is 9.79 Å². The summed E-state index contributed by atoms with van der Waals surface area (Å²) in [4.78, 5) is 15.6. The van der Waals surface area contributed by atoms with Crippen LogP contribution in [0.5, 0.6) is 5.75 Å². The van der Waals surface area contributed by atoms with Crippen molar-refractivity contribution in [3.8, 4) is 5.75 Å². The standard InChI is InChI=1S/C16H18N2O2S/c1-18(2)16(19)14-8-7-11(17)9-15(14)21-13-6-4-5-12(10-13)20-3/h4-10H,17H2,1-3H3. The molecule has 0 aliphatic heterocycles. The van der Waals surface area contributed by atoms with Crippen LogP contribution >= 0.6 is 11.8 Å². The predicted octanol–water partition coefficient (Wildman–Crippen LogP) is 3.13. The van der Waals surface area contributed by atoms with E-state index in [4.69, 9.17) is 10.5 Å². The van der Waals surface area contributed by atoms with E-state index in [1.807, 2.05) is 30.3 Å². The van der Waals surface area contributed by atoms with Crippen LogP contribution in [0.4, 0.5) is 5.69 Å². The minimum atomic E-state index is -0.0413. The van der Waals surface area contributed by atoms with Crippen LogP contribution in [0.15, 0.2) is 52.3 Å². The zero-order chi connectivity index (χ0) is 15.4. The minimum Gasteiger partial charge on any atom is -0.497 e. The minimum absolute atomic E-state index is 0.0413. The first-order valence-electron chi connectivity index (χ1n) is 6.44. The molecule has 0 heterocycles. The number of hydrogen-bond donors (Lipinski definition) is 1. The summed E-state index contributed by atoms with van der Waals surface area (Å²) >= 11 is 1.50. The Morgan fingerprint density at radius 1 is 1.19 bits per heavy atom. The molecule has 0 radical (unpaired) electrons. The van der Waals surface area contributed by atoms with E-state index in [1.54, 1.807) is 38.2 Å². The van der Waals surface area contributed by atoms with Gasteiger partial charge in [0.25, 0.3) is 5.91 Å². The van der Waals surface area contributed by atoms with Crippen molar-refractivity contribution in [1.82, 2.24) is 4.90 Å². The molecule has 1 amide bonds. The van der Waals surface area contributed by atoms with Crippen LogP contribution in [-0.4, -0.2) is 32.0 Å². The van der Waals surface area contributed by atoms with Crippen molar-refractivity contribution in [3.63, 3.8) is 0 Å². The summed E-state index contributed by atoms with van der Waals surface area (Å²) in [6.45, 7) is 0. The molecule has 2 N–H and O–H groups in total. The third-order valence-electron chi connectivity index (χ3n) is 2.91. The molecule has 0 unspecified atom stereocenters. The van der Waals surface area contributed by atoms with Gasteiger partial charge in [0, 0.05) is 29.6 Å². The van der Waals surface area contributed by atoms with Crippen LogP contribution in [0.2, 0.25) is 0 Å². The summed E-state index contributed by atoms with van der Waals surface area (Å²) in [7, 11) is 5.10. The van der Waals surface area contributed by atoms with E-state index in [1.165, 1.54) is 11.8 Å². The maximum absolute atomic E-state index is 12.2. The fraction of sp³-hybridized carbons (Fsp3) is 0.188.